The molecule has 0 saturated carbocycles. The summed E-state index contributed by atoms with van der Waals surface area (Å²) in [4.78, 5) is 24.1. The molecule has 1 aromatic rings. The summed E-state index contributed by atoms with van der Waals surface area (Å²) in [6, 6.07) is 4.37. The molecule has 0 spiro atoms. The number of carboxylic acids is 1. The highest BCUT2D eigenvalue weighted by Gasteiger charge is 2.31. The highest BCUT2D eigenvalue weighted by atomic mass is 16.4. The van der Waals surface area contributed by atoms with Gasteiger partial charge in [-0.3, -0.25) is 4.79 Å². The average molecular weight is 249 g/mol. The predicted octanol–water partition coefficient (Wildman–Crippen LogP) is 1.56. The second-order valence-corrected chi connectivity index (χ2v) is 4.57. The number of hydrogen-bond acceptors (Lipinski definition) is 3. The molecule has 0 aromatic heterocycles. The molecule has 1 aromatic carbocycles. The Morgan fingerprint density at radius 2 is 2.06 bits per heavy atom. The van der Waals surface area contributed by atoms with Crippen molar-refractivity contribution in [1.29, 1.82) is 0 Å². The van der Waals surface area contributed by atoms with E-state index in [1.165, 1.54) is 19.1 Å². The van der Waals surface area contributed by atoms with Crippen LogP contribution in [-0.2, 0) is 4.79 Å². The third-order valence-electron chi connectivity index (χ3n) is 3.24. The van der Waals surface area contributed by atoms with Crippen molar-refractivity contribution < 1.29 is 19.8 Å². The third-order valence-corrected chi connectivity index (χ3v) is 3.24. The van der Waals surface area contributed by atoms with Gasteiger partial charge in [0.05, 0.1) is 11.7 Å². The monoisotopic (exact) mass is 249 g/mol. The normalized spacial score (nSPS) is 22.5. The maximum absolute atomic E-state index is 11.6. The molecule has 0 aliphatic carbocycles. The maximum Gasteiger partial charge on any atom is 0.335 e. The van der Waals surface area contributed by atoms with Gasteiger partial charge in [-0.2, -0.15) is 0 Å². The number of carbonyl (C=O) groups excluding carboxylic acids is 1. The number of benzene rings is 1. The van der Waals surface area contributed by atoms with Crippen LogP contribution in [0.25, 0.3) is 0 Å². The highest BCUT2D eigenvalue weighted by Crippen LogP contribution is 2.37. The zero-order valence-electron chi connectivity index (χ0n) is 10.3. The fraction of sp³-hybridized carbons (Fsp3) is 0.385. The van der Waals surface area contributed by atoms with Gasteiger partial charge in [0, 0.05) is 24.2 Å². The van der Waals surface area contributed by atoms with E-state index in [1.807, 2.05) is 6.92 Å². The van der Waals surface area contributed by atoms with Crippen molar-refractivity contribution in [1.82, 2.24) is 0 Å². The van der Waals surface area contributed by atoms with E-state index in [0.717, 1.165) is 0 Å². The van der Waals surface area contributed by atoms with Crippen molar-refractivity contribution in [3.05, 3.63) is 29.3 Å². The maximum atomic E-state index is 11.6. The van der Waals surface area contributed by atoms with Crippen LogP contribution < -0.4 is 4.90 Å². The van der Waals surface area contributed by atoms with E-state index in [4.69, 9.17) is 5.11 Å². The van der Waals surface area contributed by atoms with E-state index in [9.17, 15) is 14.7 Å². The molecular weight excluding hydrogens is 234 g/mol. The van der Waals surface area contributed by atoms with Crippen LogP contribution in [0.4, 0.5) is 5.69 Å². The first-order chi connectivity index (χ1) is 8.41. The summed E-state index contributed by atoms with van der Waals surface area (Å²) in [5.74, 6) is -1.16. The molecule has 1 heterocycles. The smallest absolute Gasteiger partial charge is 0.335 e. The lowest BCUT2D eigenvalue weighted by Gasteiger charge is -2.37. The lowest BCUT2D eigenvalue weighted by molar-refractivity contribution is -0.117. The molecule has 1 aliphatic heterocycles. The Labute approximate surface area is 105 Å². The van der Waals surface area contributed by atoms with Crippen molar-refractivity contribution in [2.75, 3.05) is 4.90 Å². The van der Waals surface area contributed by atoms with Crippen LogP contribution >= 0.6 is 0 Å². The Hall–Kier alpha value is -1.88. The summed E-state index contributed by atoms with van der Waals surface area (Å²) in [6.07, 6.45) is -0.319. The quantitative estimate of drug-likeness (QED) is 0.791. The van der Waals surface area contributed by atoms with Gasteiger partial charge in [0.2, 0.25) is 5.91 Å². The standard InChI is InChI=1S/C13H15NO4/c1-7-5-12(16)10-6-9(13(17)18)3-4-11(10)14(7)8(2)15/h3-4,6-7,12,16H,5H2,1-2H3,(H,17,18)/t7-,12-/m0/s1. The first-order valence-electron chi connectivity index (χ1n) is 5.77. The largest absolute Gasteiger partial charge is 0.478 e. The molecule has 2 atom stereocenters. The van der Waals surface area contributed by atoms with Crippen LogP contribution in [0.5, 0.6) is 0 Å². The Kier molecular flexibility index (Phi) is 3.09. The van der Waals surface area contributed by atoms with Gasteiger partial charge >= 0.3 is 5.97 Å². The number of rotatable bonds is 1. The van der Waals surface area contributed by atoms with Gasteiger partial charge in [0.15, 0.2) is 0 Å². The number of anilines is 1. The molecule has 0 unspecified atom stereocenters. The predicted molar refractivity (Wildman–Crippen MR) is 65.6 cm³/mol. The molecule has 0 fully saturated rings. The third kappa shape index (κ3) is 1.97. The minimum Gasteiger partial charge on any atom is -0.478 e. The second kappa shape index (κ2) is 4.42. The Morgan fingerprint density at radius 1 is 1.39 bits per heavy atom. The molecule has 2 rings (SSSR count). The molecule has 5 nitrogen and oxygen atoms in total. The first kappa shape index (κ1) is 12.6. The van der Waals surface area contributed by atoms with Gasteiger partial charge in [0.25, 0.3) is 0 Å². The number of fused-ring (bicyclic) bond motifs is 1. The minimum atomic E-state index is -1.04. The molecule has 0 bridgehead atoms. The fourth-order valence-electron chi connectivity index (χ4n) is 2.45. The fourth-order valence-corrected chi connectivity index (χ4v) is 2.45. The Balaban J connectivity index is 2.55. The van der Waals surface area contributed by atoms with E-state index in [2.05, 4.69) is 0 Å². The number of nitrogens with zero attached hydrogens (tertiary/aromatic N) is 1. The van der Waals surface area contributed by atoms with Crippen LogP contribution in [-0.4, -0.2) is 28.1 Å². The second-order valence-electron chi connectivity index (χ2n) is 4.57. The van der Waals surface area contributed by atoms with Crippen LogP contribution in [0, 0.1) is 0 Å². The number of hydrogen-bond donors (Lipinski definition) is 2. The molecule has 5 heteroatoms. The Bertz CT molecular complexity index is 512. The minimum absolute atomic E-state index is 0.0966. The summed E-state index contributed by atoms with van der Waals surface area (Å²) in [6.45, 7) is 3.32. The number of carbonyl (C=O) groups is 2. The average Bonchev–Trinajstić information content (AvgIpc) is 2.27. The molecular formula is C13H15NO4. The summed E-state index contributed by atoms with van der Waals surface area (Å²) < 4.78 is 0. The van der Waals surface area contributed by atoms with Crippen LogP contribution in [0.1, 0.15) is 42.3 Å². The zero-order valence-corrected chi connectivity index (χ0v) is 10.3. The molecule has 0 saturated heterocycles. The topological polar surface area (TPSA) is 77.8 Å². The van der Waals surface area contributed by atoms with Crippen molar-refractivity contribution in [2.45, 2.75) is 32.4 Å². The number of amides is 1. The SMILES string of the molecule is CC(=O)N1c2ccc(C(=O)O)cc2[C@@H](O)C[C@@H]1C. The summed E-state index contributed by atoms with van der Waals surface area (Å²) in [5, 5.41) is 18.9. The lowest BCUT2D eigenvalue weighted by atomic mass is 9.92. The number of carboxylic acid groups (broad SMARTS) is 1. The Morgan fingerprint density at radius 3 is 2.61 bits per heavy atom. The number of aliphatic hydroxyl groups is 1. The molecule has 1 aliphatic rings. The molecule has 2 N–H and O–H groups in total. The van der Waals surface area contributed by atoms with Crippen molar-refractivity contribution in [3.63, 3.8) is 0 Å². The molecule has 0 radical (unpaired) electrons. The van der Waals surface area contributed by atoms with Gasteiger partial charge in [-0.25, -0.2) is 4.79 Å². The van der Waals surface area contributed by atoms with Gasteiger partial charge in [-0.1, -0.05) is 0 Å². The summed E-state index contributed by atoms with van der Waals surface area (Å²) in [7, 11) is 0. The lowest BCUT2D eigenvalue weighted by Crippen LogP contribution is -2.42. The summed E-state index contributed by atoms with van der Waals surface area (Å²) in [5.41, 5.74) is 1.22. The molecule has 1 amide bonds. The van der Waals surface area contributed by atoms with E-state index in [1.54, 1.807) is 11.0 Å². The van der Waals surface area contributed by atoms with Crippen LogP contribution in [0.3, 0.4) is 0 Å². The van der Waals surface area contributed by atoms with Crippen molar-refractivity contribution in [3.8, 4) is 0 Å². The first-order valence-corrected chi connectivity index (χ1v) is 5.77. The highest BCUT2D eigenvalue weighted by molar-refractivity contribution is 5.95. The molecule has 18 heavy (non-hydrogen) atoms. The van der Waals surface area contributed by atoms with E-state index in [-0.39, 0.29) is 17.5 Å². The van der Waals surface area contributed by atoms with Crippen molar-refractivity contribution in [2.24, 2.45) is 0 Å². The van der Waals surface area contributed by atoms with E-state index < -0.39 is 12.1 Å². The van der Waals surface area contributed by atoms with Gasteiger partial charge < -0.3 is 15.1 Å². The molecule has 96 valence electrons. The van der Waals surface area contributed by atoms with Crippen LogP contribution in [0.2, 0.25) is 0 Å². The summed E-state index contributed by atoms with van der Waals surface area (Å²) >= 11 is 0. The van der Waals surface area contributed by atoms with E-state index >= 15 is 0 Å². The number of aromatic carboxylic acids is 1. The zero-order chi connectivity index (χ0) is 13.4. The van der Waals surface area contributed by atoms with Gasteiger partial charge in [0.1, 0.15) is 0 Å². The van der Waals surface area contributed by atoms with Gasteiger partial charge in [-0.15, -0.1) is 0 Å². The van der Waals surface area contributed by atoms with Gasteiger partial charge in [-0.05, 0) is 31.5 Å². The van der Waals surface area contributed by atoms with E-state index in [0.29, 0.717) is 17.7 Å². The van der Waals surface area contributed by atoms with Crippen molar-refractivity contribution >= 4 is 17.6 Å². The number of aliphatic hydroxyl groups excluding tert-OH is 1. The van der Waals surface area contributed by atoms with Crippen LogP contribution in [0.15, 0.2) is 18.2 Å².